The van der Waals surface area contributed by atoms with Gasteiger partial charge in [0.25, 0.3) is 0 Å². The van der Waals surface area contributed by atoms with Crippen LogP contribution in [-0.4, -0.2) is 23.2 Å². The Balaban J connectivity index is 1.79. The van der Waals surface area contributed by atoms with Crippen LogP contribution in [0.15, 0.2) is 101 Å². The molecule has 0 saturated carbocycles. The molecule has 0 amide bonds. The highest BCUT2D eigenvalue weighted by atomic mass is 15.0. The van der Waals surface area contributed by atoms with Gasteiger partial charge in [0.15, 0.2) is 5.84 Å². The first-order valence-electron chi connectivity index (χ1n) is 11.8. The van der Waals surface area contributed by atoms with E-state index in [-0.39, 0.29) is 0 Å². The summed E-state index contributed by atoms with van der Waals surface area (Å²) >= 11 is 0. The molecule has 3 aromatic rings. The third kappa shape index (κ3) is 7.38. The Morgan fingerprint density at radius 3 is 2.12 bits per heavy atom. The SMILES string of the molecule is CC/C(=C\C=C(/C)CCN=C(N=C(N)c1ccc(C)cc1)c1ccc(C)cc1)c1ccccn1. The first-order chi connectivity index (χ1) is 16.5. The zero-order valence-corrected chi connectivity index (χ0v) is 20.6. The quantitative estimate of drug-likeness (QED) is 0.236. The smallest absolute Gasteiger partial charge is 0.157 e. The molecular weight excluding hydrogens is 416 g/mol. The highest BCUT2D eigenvalue weighted by Gasteiger charge is 2.06. The van der Waals surface area contributed by atoms with Crippen LogP contribution < -0.4 is 5.73 Å². The van der Waals surface area contributed by atoms with Crippen molar-refractivity contribution >= 4 is 17.2 Å². The molecule has 174 valence electrons. The number of nitrogens with two attached hydrogens (primary N) is 1. The summed E-state index contributed by atoms with van der Waals surface area (Å²) < 4.78 is 0. The summed E-state index contributed by atoms with van der Waals surface area (Å²) in [5.41, 5.74) is 14.1. The van der Waals surface area contributed by atoms with Crippen LogP contribution in [-0.2, 0) is 0 Å². The summed E-state index contributed by atoms with van der Waals surface area (Å²) in [7, 11) is 0. The molecule has 0 fully saturated rings. The largest absolute Gasteiger partial charge is 0.383 e. The molecule has 0 aliphatic carbocycles. The van der Waals surface area contributed by atoms with Crippen LogP contribution in [0.1, 0.15) is 54.6 Å². The standard InChI is InChI=1S/C30H34N4/c1-5-25(28-8-6-7-20-32-28)14-9-24(4)19-21-33-30(27-17-12-23(3)13-18-27)34-29(31)26-15-10-22(2)11-16-26/h6-18,20H,5,19,21H2,1-4H3,(H2,31,33,34)/b24-9+,25-14+. The summed E-state index contributed by atoms with van der Waals surface area (Å²) in [5, 5.41) is 0. The number of benzene rings is 2. The number of rotatable bonds is 8. The van der Waals surface area contributed by atoms with E-state index in [0.29, 0.717) is 18.2 Å². The van der Waals surface area contributed by atoms with Gasteiger partial charge >= 0.3 is 0 Å². The molecule has 4 heteroatoms. The molecule has 0 aliphatic heterocycles. The molecule has 0 spiro atoms. The van der Waals surface area contributed by atoms with Gasteiger partial charge in [-0.25, -0.2) is 4.99 Å². The first kappa shape index (κ1) is 24.8. The Morgan fingerprint density at radius 2 is 1.53 bits per heavy atom. The number of aryl methyl sites for hydroxylation is 2. The number of hydrogen-bond donors (Lipinski definition) is 1. The van der Waals surface area contributed by atoms with E-state index < -0.39 is 0 Å². The summed E-state index contributed by atoms with van der Waals surface area (Å²) in [6, 6.07) is 22.3. The van der Waals surface area contributed by atoms with E-state index in [0.717, 1.165) is 29.7 Å². The Hall–Kier alpha value is -3.79. The van der Waals surface area contributed by atoms with Crippen molar-refractivity contribution in [1.29, 1.82) is 0 Å². The lowest BCUT2D eigenvalue weighted by Gasteiger charge is -2.07. The summed E-state index contributed by atoms with van der Waals surface area (Å²) in [4.78, 5) is 14.0. The van der Waals surface area contributed by atoms with Gasteiger partial charge in [-0.3, -0.25) is 9.98 Å². The lowest BCUT2D eigenvalue weighted by atomic mass is 10.1. The van der Waals surface area contributed by atoms with Gasteiger partial charge in [-0.2, -0.15) is 0 Å². The van der Waals surface area contributed by atoms with Gasteiger partial charge in [0, 0.05) is 23.9 Å². The Morgan fingerprint density at radius 1 is 0.882 bits per heavy atom. The van der Waals surface area contributed by atoms with E-state index in [4.69, 9.17) is 15.7 Å². The van der Waals surface area contributed by atoms with Crippen LogP contribution in [0.5, 0.6) is 0 Å². The number of pyridine rings is 1. The third-order valence-corrected chi connectivity index (χ3v) is 5.59. The zero-order valence-electron chi connectivity index (χ0n) is 20.6. The first-order valence-corrected chi connectivity index (χ1v) is 11.8. The van der Waals surface area contributed by atoms with Crippen LogP contribution in [0, 0.1) is 13.8 Å². The van der Waals surface area contributed by atoms with Crippen molar-refractivity contribution in [2.45, 2.75) is 40.5 Å². The number of nitrogens with zero attached hydrogens (tertiary/aromatic N) is 3. The second kappa shape index (κ2) is 12.4. The van der Waals surface area contributed by atoms with E-state index in [1.807, 2.05) is 60.8 Å². The molecule has 2 N–H and O–H groups in total. The minimum absolute atomic E-state index is 0.470. The molecule has 0 saturated heterocycles. The van der Waals surface area contributed by atoms with Crippen molar-refractivity contribution in [3.8, 4) is 0 Å². The predicted molar refractivity (Wildman–Crippen MR) is 145 cm³/mol. The fourth-order valence-electron chi connectivity index (χ4n) is 3.40. The summed E-state index contributed by atoms with van der Waals surface area (Å²) in [5.74, 6) is 1.13. The average Bonchev–Trinajstić information content (AvgIpc) is 2.85. The number of allylic oxidation sites excluding steroid dienone is 3. The van der Waals surface area contributed by atoms with Gasteiger partial charge in [0.1, 0.15) is 5.84 Å². The molecule has 3 rings (SSSR count). The number of hydrogen-bond acceptors (Lipinski definition) is 2. The summed E-state index contributed by atoms with van der Waals surface area (Å²) in [6.45, 7) is 9.05. The van der Waals surface area contributed by atoms with Gasteiger partial charge in [0.05, 0.1) is 5.69 Å². The van der Waals surface area contributed by atoms with Gasteiger partial charge < -0.3 is 5.73 Å². The van der Waals surface area contributed by atoms with E-state index in [2.05, 4.69) is 57.0 Å². The van der Waals surface area contributed by atoms with Crippen LogP contribution >= 0.6 is 0 Å². The maximum Gasteiger partial charge on any atom is 0.157 e. The Kier molecular flexibility index (Phi) is 9.10. The topological polar surface area (TPSA) is 63.6 Å². The molecule has 0 bridgehead atoms. The van der Waals surface area contributed by atoms with Crippen molar-refractivity contribution in [3.63, 3.8) is 0 Å². The van der Waals surface area contributed by atoms with Crippen molar-refractivity contribution in [2.24, 2.45) is 15.7 Å². The predicted octanol–water partition coefficient (Wildman–Crippen LogP) is 6.68. The van der Waals surface area contributed by atoms with Gasteiger partial charge in [-0.15, -0.1) is 0 Å². The Labute approximate surface area is 203 Å². The number of amidine groups is 2. The molecule has 0 unspecified atom stereocenters. The molecule has 0 atom stereocenters. The van der Waals surface area contributed by atoms with Crippen LogP contribution in [0.2, 0.25) is 0 Å². The molecule has 0 aliphatic rings. The molecule has 34 heavy (non-hydrogen) atoms. The maximum atomic E-state index is 6.34. The normalized spacial score (nSPS) is 13.3. The summed E-state index contributed by atoms with van der Waals surface area (Å²) in [6.07, 6.45) is 7.93. The van der Waals surface area contributed by atoms with E-state index in [1.54, 1.807) is 0 Å². The number of aromatic nitrogens is 1. The molecule has 1 heterocycles. The van der Waals surface area contributed by atoms with Crippen molar-refractivity contribution in [3.05, 3.63) is 119 Å². The molecular formula is C30H34N4. The third-order valence-electron chi connectivity index (χ3n) is 5.59. The monoisotopic (exact) mass is 450 g/mol. The zero-order chi connectivity index (χ0) is 24.3. The minimum atomic E-state index is 0.470. The average molecular weight is 451 g/mol. The van der Waals surface area contributed by atoms with Crippen LogP contribution in [0.4, 0.5) is 0 Å². The molecule has 2 aromatic carbocycles. The lowest BCUT2D eigenvalue weighted by Crippen LogP contribution is -2.16. The second-order valence-electron chi connectivity index (χ2n) is 8.46. The molecule has 1 aromatic heterocycles. The minimum Gasteiger partial charge on any atom is -0.383 e. The highest BCUT2D eigenvalue weighted by molar-refractivity contribution is 6.10. The van der Waals surface area contributed by atoms with E-state index >= 15 is 0 Å². The van der Waals surface area contributed by atoms with E-state index in [1.165, 1.54) is 22.3 Å². The molecule has 4 nitrogen and oxygen atoms in total. The van der Waals surface area contributed by atoms with Crippen LogP contribution in [0.25, 0.3) is 5.57 Å². The highest BCUT2D eigenvalue weighted by Crippen LogP contribution is 2.16. The van der Waals surface area contributed by atoms with Crippen molar-refractivity contribution in [2.75, 3.05) is 6.54 Å². The lowest BCUT2D eigenvalue weighted by molar-refractivity contribution is 0.948. The number of aliphatic imine (C=N–C) groups is 2. The Bertz CT molecular complexity index is 1180. The fourth-order valence-corrected chi connectivity index (χ4v) is 3.40. The van der Waals surface area contributed by atoms with Gasteiger partial charge in [-0.1, -0.05) is 90.4 Å². The van der Waals surface area contributed by atoms with Crippen LogP contribution in [0.3, 0.4) is 0 Å². The van der Waals surface area contributed by atoms with Gasteiger partial charge in [-0.05, 0) is 51.3 Å². The second-order valence-corrected chi connectivity index (χ2v) is 8.46. The maximum absolute atomic E-state index is 6.34. The molecule has 0 radical (unpaired) electrons. The van der Waals surface area contributed by atoms with E-state index in [9.17, 15) is 0 Å². The fraction of sp³-hybridized carbons (Fsp3) is 0.233. The van der Waals surface area contributed by atoms with Gasteiger partial charge in [0.2, 0.25) is 0 Å². The van der Waals surface area contributed by atoms with Crippen molar-refractivity contribution < 1.29 is 0 Å². The van der Waals surface area contributed by atoms with Crippen molar-refractivity contribution in [1.82, 2.24) is 4.98 Å².